The van der Waals surface area contributed by atoms with Crippen LogP contribution in [0, 0.1) is 0 Å². The molecule has 0 aromatic heterocycles. The minimum Gasteiger partial charge on any atom is -0.475 e. The average Bonchev–Trinajstić information content (AvgIpc) is 3.85. The van der Waals surface area contributed by atoms with Gasteiger partial charge in [0.15, 0.2) is 64.1 Å². The predicted molar refractivity (Wildman–Crippen MR) is 235 cm³/mol. The van der Waals surface area contributed by atoms with Gasteiger partial charge in [0.25, 0.3) is 15.7 Å². The van der Waals surface area contributed by atoms with Crippen LogP contribution >= 0.6 is 105 Å². The molecular formula is C40H37Cl3O10S6. The normalized spacial score (nSPS) is 22.0. The maximum absolute atomic E-state index is 15.2. The number of hydrogen-bond acceptors (Lipinski definition) is 16. The Morgan fingerprint density at radius 1 is 0.390 bits per heavy atom. The molecule has 0 spiro atoms. The van der Waals surface area contributed by atoms with Crippen molar-refractivity contribution < 1.29 is 47.9 Å². The zero-order valence-corrected chi connectivity index (χ0v) is 40.9. The molecule has 0 bridgehead atoms. The van der Waals surface area contributed by atoms with Crippen LogP contribution in [0.3, 0.4) is 0 Å². The van der Waals surface area contributed by atoms with Gasteiger partial charge in [0.1, 0.15) is 22.3 Å². The van der Waals surface area contributed by atoms with Gasteiger partial charge in [-0.15, -0.1) is 0 Å². The van der Waals surface area contributed by atoms with Crippen LogP contribution in [0.1, 0.15) is 131 Å². The fourth-order valence-corrected chi connectivity index (χ4v) is 16.1. The third-order valence-electron chi connectivity index (χ3n) is 9.81. The monoisotopic (exact) mass is 974 g/mol. The van der Waals surface area contributed by atoms with E-state index >= 15 is 5.11 Å². The van der Waals surface area contributed by atoms with Crippen molar-refractivity contribution in [1.29, 1.82) is 0 Å². The standard InChI is InChI=1S/C40H37Cl3O10S6/c1-34(2)48-19-13(31(41)44)20-26(55-35(3,4)49-20)16(25(19)54-34)40(47,17-27-21(50-36(5,6)56-27)14(32(42)45)22-28(17)57-37(7,8)51-22)18-29-23(52-38(9,10)58-29)15(33(43)46)24-30(18)59-39(11,12)53-24/h47H,1-12H3. The summed E-state index contributed by atoms with van der Waals surface area (Å²) in [6.45, 7) is 22.3. The summed E-state index contributed by atoms with van der Waals surface area (Å²) in [6.07, 6.45) is 0. The highest BCUT2D eigenvalue weighted by molar-refractivity contribution is 8.02. The van der Waals surface area contributed by atoms with E-state index in [0.717, 1.165) is 0 Å². The van der Waals surface area contributed by atoms with E-state index in [-0.39, 0.29) is 51.2 Å². The molecule has 314 valence electrons. The number of rotatable bonds is 6. The molecule has 0 unspecified atom stereocenters. The zero-order chi connectivity index (χ0) is 43.1. The second-order valence-electron chi connectivity index (χ2n) is 17.4. The van der Waals surface area contributed by atoms with Crippen molar-refractivity contribution >= 4 is 121 Å². The Morgan fingerprint density at radius 2 is 0.542 bits per heavy atom. The molecule has 0 amide bonds. The first kappa shape index (κ1) is 42.7. The number of thioether (sulfide) groups is 6. The number of hydrogen-bond donors (Lipinski definition) is 1. The Labute approximate surface area is 381 Å². The van der Waals surface area contributed by atoms with Crippen LogP contribution in [0.25, 0.3) is 0 Å². The molecule has 9 rings (SSSR count). The number of ether oxygens (including phenoxy) is 6. The van der Waals surface area contributed by atoms with Crippen molar-refractivity contribution in [3.8, 4) is 34.5 Å². The van der Waals surface area contributed by atoms with Gasteiger partial charge < -0.3 is 33.5 Å². The molecule has 10 nitrogen and oxygen atoms in total. The smallest absolute Gasteiger partial charge is 0.260 e. The molecule has 0 fully saturated rings. The first-order valence-corrected chi connectivity index (χ1v) is 24.3. The third-order valence-corrected chi connectivity index (χ3v) is 17.4. The van der Waals surface area contributed by atoms with Gasteiger partial charge in [-0.3, -0.25) is 14.4 Å². The number of aliphatic hydroxyl groups is 1. The average molecular weight is 976 g/mol. The van der Waals surface area contributed by atoms with Crippen molar-refractivity contribution in [1.82, 2.24) is 0 Å². The summed E-state index contributed by atoms with van der Waals surface area (Å²) < 4.78 is 39.6. The van der Waals surface area contributed by atoms with Crippen LogP contribution in [0.15, 0.2) is 29.4 Å². The molecule has 0 atom stereocenters. The lowest BCUT2D eigenvalue weighted by Gasteiger charge is -2.37. The number of halogens is 3. The van der Waals surface area contributed by atoms with E-state index in [4.69, 9.17) is 63.2 Å². The molecule has 3 aromatic rings. The van der Waals surface area contributed by atoms with Crippen molar-refractivity contribution in [2.24, 2.45) is 0 Å². The quantitative estimate of drug-likeness (QED) is 0.186. The summed E-state index contributed by atoms with van der Waals surface area (Å²) in [6, 6.07) is 0. The minimum absolute atomic E-state index is 0.0337. The molecule has 3 aromatic carbocycles. The van der Waals surface area contributed by atoms with Gasteiger partial charge in [0.05, 0.1) is 29.4 Å². The zero-order valence-electron chi connectivity index (χ0n) is 33.7. The summed E-state index contributed by atoms with van der Waals surface area (Å²) in [7, 11) is 0. The summed E-state index contributed by atoms with van der Waals surface area (Å²) in [5.74, 6) is 0.884. The summed E-state index contributed by atoms with van der Waals surface area (Å²) in [5.41, 5.74) is -1.23. The third kappa shape index (κ3) is 6.49. The van der Waals surface area contributed by atoms with Crippen LogP contribution in [-0.4, -0.2) is 50.4 Å². The first-order valence-electron chi connectivity index (χ1n) is 18.3. The highest BCUT2D eigenvalue weighted by Crippen LogP contribution is 2.72. The fraction of sp³-hybridized carbons (Fsp3) is 0.475. The Morgan fingerprint density at radius 3 is 0.678 bits per heavy atom. The predicted octanol–water partition coefficient (Wildman–Crippen LogP) is 12.4. The first-order chi connectivity index (χ1) is 27.0. The molecule has 0 aliphatic carbocycles. The minimum atomic E-state index is -2.30. The lowest BCUT2D eigenvalue weighted by molar-refractivity contribution is 0.100. The molecule has 0 saturated heterocycles. The fourth-order valence-electron chi connectivity index (χ4n) is 8.12. The molecule has 1 N–H and O–H groups in total. The van der Waals surface area contributed by atoms with Crippen molar-refractivity contribution in [2.45, 2.75) is 148 Å². The number of carbonyl (C=O) groups is 3. The number of carbonyl (C=O) groups excluding carboxylic acids is 3. The largest absolute Gasteiger partial charge is 0.475 e. The van der Waals surface area contributed by atoms with E-state index < -0.39 is 50.9 Å². The molecule has 0 radical (unpaired) electrons. The van der Waals surface area contributed by atoms with Crippen molar-refractivity contribution in [3.63, 3.8) is 0 Å². The highest BCUT2D eigenvalue weighted by atomic mass is 35.5. The molecule has 6 aliphatic rings. The van der Waals surface area contributed by atoms with E-state index in [9.17, 15) is 14.4 Å². The van der Waals surface area contributed by atoms with Crippen LogP contribution in [-0.2, 0) is 5.60 Å². The number of fused-ring (bicyclic) bond motifs is 6. The second-order valence-corrected chi connectivity index (χ2v) is 28.0. The molecule has 6 aliphatic heterocycles. The molecular weight excluding hydrogens is 939 g/mol. The maximum Gasteiger partial charge on any atom is 0.260 e. The summed E-state index contributed by atoms with van der Waals surface area (Å²) >= 11 is 27.2. The van der Waals surface area contributed by atoms with Crippen LogP contribution in [0.5, 0.6) is 34.5 Å². The van der Waals surface area contributed by atoms with Crippen LogP contribution in [0.2, 0.25) is 0 Å². The van der Waals surface area contributed by atoms with Gasteiger partial charge in [-0.1, -0.05) is 70.6 Å². The molecule has 6 heterocycles. The second kappa shape index (κ2) is 13.0. The summed E-state index contributed by atoms with van der Waals surface area (Å²) in [5, 5.41) is 12.8. The van der Waals surface area contributed by atoms with Crippen LogP contribution < -0.4 is 28.4 Å². The Bertz CT molecular complexity index is 2140. The lowest BCUT2D eigenvalue weighted by atomic mass is 9.78. The van der Waals surface area contributed by atoms with Gasteiger partial charge in [-0.25, -0.2) is 0 Å². The summed E-state index contributed by atoms with van der Waals surface area (Å²) in [4.78, 5) is 37.5. The highest BCUT2D eigenvalue weighted by Gasteiger charge is 2.60. The molecule has 19 heteroatoms. The van der Waals surface area contributed by atoms with E-state index in [1.165, 1.54) is 70.6 Å². The Kier molecular flexibility index (Phi) is 9.40. The SMILES string of the molecule is CC1(C)Oc2c(c(C(O)(c3c4c(c(C(=O)Cl)c5c3SC(C)(C)O5)OC(C)(C)S4)c3c4c(c(C(=O)Cl)c5c3SC(C)(C)O5)OC(C)(C)S4)c3c(c2C(=O)Cl)OC(C)(C)S3)S1. The Hall–Kier alpha value is -1.60. The van der Waals surface area contributed by atoms with Gasteiger partial charge in [0, 0.05) is 16.7 Å². The van der Waals surface area contributed by atoms with Crippen LogP contribution in [0.4, 0.5) is 0 Å². The Balaban J connectivity index is 1.57. The van der Waals surface area contributed by atoms with E-state index in [1.807, 2.05) is 83.1 Å². The maximum atomic E-state index is 15.2. The topological polar surface area (TPSA) is 127 Å². The van der Waals surface area contributed by atoms with Gasteiger partial charge >= 0.3 is 0 Å². The van der Waals surface area contributed by atoms with E-state index in [2.05, 4.69) is 0 Å². The van der Waals surface area contributed by atoms with E-state index in [1.54, 1.807) is 0 Å². The van der Waals surface area contributed by atoms with Gasteiger partial charge in [-0.05, 0) is 118 Å². The van der Waals surface area contributed by atoms with Gasteiger partial charge in [-0.2, -0.15) is 0 Å². The van der Waals surface area contributed by atoms with Crippen molar-refractivity contribution in [2.75, 3.05) is 0 Å². The number of benzene rings is 3. The van der Waals surface area contributed by atoms with Crippen molar-refractivity contribution in [3.05, 3.63) is 33.4 Å². The van der Waals surface area contributed by atoms with Gasteiger partial charge in [0.2, 0.25) is 0 Å². The molecule has 59 heavy (non-hydrogen) atoms. The van der Waals surface area contributed by atoms with E-state index in [0.29, 0.717) is 46.1 Å². The molecule has 0 saturated carbocycles. The lowest BCUT2D eigenvalue weighted by Crippen LogP contribution is -2.33.